The summed E-state index contributed by atoms with van der Waals surface area (Å²) in [6, 6.07) is 6.63. The Bertz CT molecular complexity index is 591. The summed E-state index contributed by atoms with van der Waals surface area (Å²) in [5, 5.41) is 6.56. The quantitative estimate of drug-likeness (QED) is 0.826. The van der Waals surface area contributed by atoms with Crippen molar-refractivity contribution < 1.29 is 14.3 Å². The number of carbonyl (C=O) groups excluding carboxylic acids is 1. The van der Waals surface area contributed by atoms with E-state index >= 15 is 0 Å². The van der Waals surface area contributed by atoms with E-state index in [-0.39, 0.29) is 11.9 Å². The van der Waals surface area contributed by atoms with E-state index in [1.54, 1.807) is 0 Å². The van der Waals surface area contributed by atoms with E-state index in [9.17, 15) is 4.79 Å². The van der Waals surface area contributed by atoms with Crippen LogP contribution in [0, 0.1) is 0 Å². The fourth-order valence-electron chi connectivity index (χ4n) is 3.40. The summed E-state index contributed by atoms with van der Waals surface area (Å²) in [7, 11) is 0. The second-order valence-corrected chi connectivity index (χ2v) is 7.11. The van der Waals surface area contributed by atoms with Crippen molar-refractivity contribution in [2.24, 2.45) is 0 Å². The Balaban J connectivity index is 1.49. The van der Waals surface area contributed by atoms with Crippen molar-refractivity contribution in [2.75, 3.05) is 38.2 Å². The molecule has 138 valence electrons. The van der Waals surface area contributed by atoms with Gasteiger partial charge in [0.25, 0.3) is 0 Å². The standard InChI is InChI=1S/C19H29N3O3/c1-14(2)20-19(23)7-9-22-8-3-4-16(13-22)21-15-5-6-17-18(12-15)25-11-10-24-17/h5-6,12,14,16,21H,3-4,7-11,13H2,1-2H3,(H,20,23). The number of anilines is 1. The Morgan fingerprint density at radius 3 is 2.88 bits per heavy atom. The first kappa shape index (κ1) is 17.9. The van der Waals surface area contributed by atoms with Crippen molar-refractivity contribution in [2.45, 2.75) is 45.2 Å². The van der Waals surface area contributed by atoms with E-state index in [0.29, 0.717) is 25.7 Å². The van der Waals surface area contributed by atoms with Gasteiger partial charge in [-0.1, -0.05) is 0 Å². The Morgan fingerprint density at radius 2 is 2.08 bits per heavy atom. The highest BCUT2D eigenvalue weighted by atomic mass is 16.6. The molecule has 0 aliphatic carbocycles. The molecule has 1 saturated heterocycles. The summed E-state index contributed by atoms with van der Waals surface area (Å²) >= 11 is 0. The molecule has 2 N–H and O–H groups in total. The summed E-state index contributed by atoms with van der Waals surface area (Å²) in [5.41, 5.74) is 1.06. The summed E-state index contributed by atoms with van der Waals surface area (Å²) in [6.45, 7) is 8.04. The van der Waals surface area contributed by atoms with E-state index in [1.165, 1.54) is 0 Å². The maximum Gasteiger partial charge on any atom is 0.221 e. The lowest BCUT2D eigenvalue weighted by molar-refractivity contribution is -0.121. The van der Waals surface area contributed by atoms with Crippen molar-refractivity contribution in [3.63, 3.8) is 0 Å². The van der Waals surface area contributed by atoms with Crippen LogP contribution < -0.4 is 20.1 Å². The number of nitrogens with one attached hydrogen (secondary N) is 2. The van der Waals surface area contributed by atoms with E-state index in [2.05, 4.69) is 15.5 Å². The molecule has 0 saturated carbocycles. The fourth-order valence-corrected chi connectivity index (χ4v) is 3.40. The molecular formula is C19H29N3O3. The van der Waals surface area contributed by atoms with E-state index in [0.717, 1.165) is 49.7 Å². The molecule has 0 spiro atoms. The molecule has 6 nitrogen and oxygen atoms in total. The van der Waals surface area contributed by atoms with Crippen molar-refractivity contribution in [1.29, 1.82) is 0 Å². The number of rotatable bonds is 6. The van der Waals surface area contributed by atoms with Crippen molar-refractivity contribution in [3.8, 4) is 11.5 Å². The highest BCUT2D eigenvalue weighted by Gasteiger charge is 2.21. The normalized spacial score (nSPS) is 20.4. The second-order valence-electron chi connectivity index (χ2n) is 7.11. The van der Waals surface area contributed by atoms with Gasteiger partial charge < -0.3 is 25.0 Å². The molecule has 1 aromatic rings. The first-order chi connectivity index (χ1) is 12.1. The molecule has 1 aromatic carbocycles. The van der Waals surface area contributed by atoms with Crippen LogP contribution >= 0.6 is 0 Å². The molecule has 0 radical (unpaired) electrons. The van der Waals surface area contributed by atoms with Gasteiger partial charge in [-0.15, -0.1) is 0 Å². The predicted molar refractivity (Wildman–Crippen MR) is 98.4 cm³/mol. The zero-order chi connectivity index (χ0) is 17.6. The average molecular weight is 347 g/mol. The van der Waals surface area contributed by atoms with Gasteiger partial charge in [-0.2, -0.15) is 0 Å². The minimum Gasteiger partial charge on any atom is -0.486 e. The molecule has 2 aliphatic heterocycles. The van der Waals surface area contributed by atoms with Gasteiger partial charge in [-0.25, -0.2) is 0 Å². The average Bonchev–Trinajstić information content (AvgIpc) is 2.60. The van der Waals surface area contributed by atoms with Crippen LogP contribution in [0.1, 0.15) is 33.1 Å². The summed E-state index contributed by atoms with van der Waals surface area (Å²) < 4.78 is 11.2. The lowest BCUT2D eigenvalue weighted by atomic mass is 10.0. The smallest absolute Gasteiger partial charge is 0.221 e. The molecule has 1 atom stereocenters. The second kappa shape index (κ2) is 8.43. The molecular weight excluding hydrogens is 318 g/mol. The molecule has 6 heteroatoms. The zero-order valence-corrected chi connectivity index (χ0v) is 15.2. The number of nitrogens with zero attached hydrogens (tertiary/aromatic N) is 1. The third-order valence-electron chi connectivity index (χ3n) is 4.52. The highest BCUT2D eigenvalue weighted by Crippen LogP contribution is 2.33. The van der Waals surface area contributed by atoms with Gasteiger partial charge in [0.1, 0.15) is 13.2 Å². The van der Waals surface area contributed by atoms with Gasteiger partial charge in [-0.05, 0) is 45.4 Å². The lowest BCUT2D eigenvalue weighted by Crippen LogP contribution is -2.43. The van der Waals surface area contributed by atoms with Gasteiger partial charge >= 0.3 is 0 Å². The Hall–Kier alpha value is -1.95. The van der Waals surface area contributed by atoms with Gasteiger partial charge in [0.05, 0.1) is 0 Å². The summed E-state index contributed by atoms with van der Waals surface area (Å²) in [5.74, 6) is 1.77. The van der Waals surface area contributed by atoms with Crippen molar-refractivity contribution >= 4 is 11.6 Å². The number of carbonyl (C=O) groups is 1. The molecule has 1 amide bonds. The highest BCUT2D eigenvalue weighted by molar-refractivity contribution is 5.76. The van der Waals surface area contributed by atoms with Gasteiger partial charge in [0.2, 0.25) is 5.91 Å². The Morgan fingerprint density at radius 1 is 1.28 bits per heavy atom. The topological polar surface area (TPSA) is 62.8 Å². The predicted octanol–water partition coefficient (Wildman–Crippen LogP) is 2.25. The number of ether oxygens (including phenoxy) is 2. The molecule has 1 fully saturated rings. The van der Waals surface area contributed by atoms with Crippen LogP contribution in [-0.4, -0.2) is 55.7 Å². The Labute approximate surface area is 149 Å². The molecule has 2 aliphatic rings. The van der Waals surface area contributed by atoms with Crippen LogP contribution in [0.4, 0.5) is 5.69 Å². The monoisotopic (exact) mass is 347 g/mol. The first-order valence-corrected chi connectivity index (χ1v) is 9.28. The minimum absolute atomic E-state index is 0.136. The number of hydrogen-bond acceptors (Lipinski definition) is 5. The summed E-state index contributed by atoms with van der Waals surface area (Å²) in [6.07, 6.45) is 2.85. The molecule has 3 rings (SSSR count). The molecule has 0 aromatic heterocycles. The fraction of sp³-hybridized carbons (Fsp3) is 0.632. The number of hydrogen-bond donors (Lipinski definition) is 2. The largest absolute Gasteiger partial charge is 0.486 e. The maximum atomic E-state index is 11.8. The third-order valence-corrected chi connectivity index (χ3v) is 4.52. The molecule has 2 heterocycles. The lowest BCUT2D eigenvalue weighted by Gasteiger charge is -2.33. The zero-order valence-electron chi connectivity index (χ0n) is 15.2. The van der Waals surface area contributed by atoms with Gasteiger partial charge in [0.15, 0.2) is 11.5 Å². The van der Waals surface area contributed by atoms with Crippen molar-refractivity contribution in [3.05, 3.63) is 18.2 Å². The minimum atomic E-state index is 0.136. The van der Waals surface area contributed by atoms with Crippen LogP contribution in [0.2, 0.25) is 0 Å². The number of amides is 1. The number of piperidine rings is 1. The SMILES string of the molecule is CC(C)NC(=O)CCN1CCCC(Nc2ccc3c(c2)OCCO3)C1. The van der Waals surface area contributed by atoms with E-state index in [4.69, 9.17) is 9.47 Å². The third kappa shape index (κ3) is 5.26. The molecule has 1 unspecified atom stereocenters. The number of benzene rings is 1. The molecule has 25 heavy (non-hydrogen) atoms. The van der Waals surface area contributed by atoms with E-state index < -0.39 is 0 Å². The van der Waals surface area contributed by atoms with Crippen LogP contribution in [0.5, 0.6) is 11.5 Å². The maximum absolute atomic E-state index is 11.8. The van der Waals surface area contributed by atoms with Gasteiger partial charge in [-0.3, -0.25) is 4.79 Å². The number of likely N-dealkylation sites (tertiary alicyclic amines) is 1. The van der Waals surface area contributed by atoms with Crippen LogP contribution in [-0.2, 0) is 4.79 Å². The van der Waals surface area contributed by atoms with Gasteiger partial charge in [0, 0.05) is 43.3 Å². The van der Waals surface area contributed by atoms with Crippen LogP contribution in [0.15, 0.2) is 18.2 Å². The van der Waals surface area contributed by atoms with E-state index in [1.807, 2.05) is 32.0 Å². The Kier molecular flexibility index (Phi) is 6.02. The molecule has 0 bridgehead atoms. The van der Waals surface area contributed by atoms with Crippen LogP contribution in [0.25, 0.3) is 0 Å². The summed E-state index contributed by atoms with van der Waals surface area (Å²) in [4.78, 5) is 14.2. The van der Waals surface area contributed by atoms with Crippen LogP contribution in [0.3, 0.4) is 0 Å². The number of fused-ring (bicyclic) bond motifs is 1. The first-order valence-electron chi connectivity index (χ1n) is 9.28. The van der Waals surface area contributed by atoms with Crippen molar-refractivity contribution in [1.82, 2.24) is 10.2 Å².